The Bertz CT molecular complexity index is 414. The Morgan fingerprint density at radius 1 is 1.20 bits per heavy atom. The zero-order chi connectivity index (χ0) is 14.8. The Balaban J connectivity index is 1.85. The summed E-state index contributed by atoms with van der Waals surface area (Å²) in [6.45, 7) is 10.1. The summed E-state index contributed by atoms with van der Waals surface area (Å²) in [5.41, 5.74) is 7.66. The van der Waals surface area contributed by atoms with Crippen LogP contribution in [-0.2, 0) is 0 Å². The van der Waals surface area contributed by atoms with Crippen molar-refractivity contribution < 1.29 is 4.39 Å². The van der Waals surface area contributed by atoms with Gasteiger partial charge in [0.25, 0.3) is 0 Å². The van der Waals surface area contributed by atoms with Gasteiger partial charge in [-0.15, -0.1) is 0 Å². The van der Waals surface area contributed by atoms with Gasteiger partial charge in [-0.3, -0.25) is 0 Å². The molecule has 0 bridgehead atoms. The Kier molecular flexibility index (Phi) is 4.82. The van der Waals surface area contributed by atoms with E-state index < -0.39 is 0 Å². The molecule has 112 valence electrons. The van der Waals surface area contributed by atoms with E-state index in [1.54, 1.807) is 12.1 Å². The molecule has 3 heteroatoms. The smallest absolute Gasteiger partial charge is 0.123 e. The second-order valence-corrected chi connectivity index (χ2v) is 7.10. The highest BCUT2D eigenvalue weighted by atomic mass is 19.1. The Morgan fingerprint density at radius 3 is 2.25 bits per heavy atom. The summed E-state index contributed by atoms with van der Waals surface area (Å²) in [5, 5.41) is 0. The van der Waals surface area contributed by atoms with Gasteiger partial charge in [0.05, 0.1) is 0 Å². The quantitative estimate of drug-likeness (QED) is 0.915. The first-order valence-electron chi connectivity index (χ1n) is 7.59. The third kappa shape index (κ3) is 4.03. The van der Waals surface area contributed by atoms with E-state index in [-0.39, 0.29) is 11.9 Å². The maximum absolute atomic E-state index is 12.9. The molecule has 1 atom stereocenters. The Labute approximate surface area is 122 Å². The van der Waals surface area contributed by atoms with Crippen LogP contribution in [0.15, 0.2) is 24.3 Å². The first kappa shape index (κ1) is 15.5. The fraction of sp³-hybridized carbons (Fsp3) is 0.647. The zero-order valence-electron chi connectivity index (χ0n) is 12.9. The van der Waals surface area contributed by atoms with Crippen LogP contribution in [0.4, 0.5) is 4.39 Å². The number of nitrogens with two attached hydrogens (primary N) is 1. The highest BCUT2D eigenvalue weighted by Crippen LogP contribution is 2.34. The summed E-state index contributed by atoms with van der Waals surface area (Å²) in [6, 6.07) is 6.54. The third-order valence-electron chi connectivity index (χ3n) is 4.57. The van der Waals surface area contributed by atoms with Crippen LogP contribution in [0.3, 0.4) is 0 Å². The third-order valence-corrected chi connectivity index (χ3v) is 4.57. The first-order valence-corrected chi connectivity index (χ1v) is 7.59. The molecule has 0 aromatic heterocycles. The fourth-order valence-corrected chi connectivity index (χ4v) is 3.08. The lowest BCUT2D eigenvalue weighted by Gasteiger charge is -2.39. The molecule has 0 radical (unpaired) electrons. The second kappa shape index (κ2) is 6.23. The summed E-state index contributed by atoms with van der Waals surface area (Å²) in [7, 11) is 0. The van der Waals surface area contributed by atoms with Crippen molar-refractivity contribution in [2.45, 2.75) is 39.7 Å². The van der Waals surface area contributed by atoms with Gasteiger partial charge in [0.1, 0.15) is 5.82 Å². The van der Waals surface area contributed by atoms with E-state index in [2.05, 4.69) is 25.7 Å². The molecular formula is C17H27FN2. The highest BCUT2D eigenvalue weighted by molar-refractivity contribution is 5.19. The van der Waals surface area contributed by atoms with Crippen molar-refractivity contribution in [2.75, 3.05) is 19.6 Å². The molecule has 2 N–H and O–H groups in total. The maximum Gasteiger partial charge on any atom is 0.123 e. The molecule has 0 aliphatic carbocycles. The number of nitrogens with zero attached hydrogens (tertiary/aromatic N) is 1. The summed E-state index contributed by atoms with van der Waals surface area (Å²) >= 11 is 0. The van der Waals surface area contributed by atoms with E-state index in [1.165, 1.54) is 25.0 Å². The lowest BCUT2D eigenvalue weighted by molar-refractivity contribution is 0.108. The largest absolute Gasteiger partial charge is 0.323 e. The molecule has 1 aliphatic rings. The molecule has 1 aromatic carbocycles. The summed E-state index contributed by atoms with van der Waals surface area (Å²) in [4.78, 5) is 2.44. The molecule has 1 saturated heterocycles. The molecule has 0 amide bonds. The van der Waals surface area contributed by atoms with Crippen molar-refractivity contribution in [3.05, 3.63) is 35.6 Å². The van der Waals surface area contributed by atoms with Gasteiger partial charge in [0.15, 0.2) is 0 Å². The van der Waals surface area contributed by atoms with Gasteiger partial charge in [-0.1, -0.05) is 32.9 Å². The molecule has 1 unspecified atom stereocenters. The van der Waals surface area contributed by atoms with E-state index in [9.17, 15) is 4.39 Å². The van der Waals surface area contributed by atoms with Gasteiger partial charge in [-0.05, 0) is 55.0 Å². The fourth-order valence-electron chi connectivity index (χ4n) is 3.08. The van der Waals surface area contributed by atoms with Crippen LogP contribution < -0.4 is 5.73 Å². The molecular weight excluding hydrogens is 251 g/mol. The predicted molar refractivity (Wildman–Crippen MR) is 81.9 cm³/mol. The van der Waals surface area contributed by atoms with E-state index in [1.807, 2.05) is 0 Å². The number of likely N-dealkylation sites (tertiary alicyclic amines) is 1. The van der Waals surface area contributed by atoms with Gasteiger partial charge in [0.2, 0.25) is 0 Å². The van der Waals surface area contributed by atoms with Gasteiger partial charge >= 0.3 is 0 Å². The van der Waals surface area contributed by atoms with Crippen LogP contribution in [0.2, 0.25) is 0 Å². The second-order valence-electron chi connectivity index (χ2n) is 7.10. The number of hydrogen-bond donors (Lipinski definition) is 1. The van der Waals surface area contributed by atoms with Gasteiger partial charge in [-0.2, -0.15) is 0 Å². The lowest BCUT2D eigenvalue weighted by Crippen LogP contribution is -2.41. The molecule has 2 nitrogen and oxygen atoms in total. The van der Waals surface area contributed by atoms with Gasteiger partial charge < -0.3 is 10.6 Å². The zero-order valence-corrected chi connectivity index (χ0v) is 12.9. The molecule has 0 saturated carbocycles. The van der Waals surface area contributed by atoms with Crippen LogP contribution >= 0.6 is 0 Å². The summed E-state index contributed by atoms with van der Waals surface area (Å²) in [5.74, 6) is 0.604. The van der Waals surface area contributed by atoms with Crippen LogP contribution in [0.5, 0.6) is 0 Å². The molecule has 1 fully saturated rings. The summed E-state index contributed by atoms with van der Waals surface area (Å²) < 4.78 is 12.9. The van der Waals surface area contributed by atoms with Gasteiger partial charge in [0, 0.05) is 12.6 Å². The Morgan fingerprint density at radius 2 is 1.75 bits per heavy atom. The van der Waals surface area contributed by atoms with E-state index in [0.717, 1.165) is 31.1 Å². The van der Waals surface area contributed by atoms with Crippen LogP contribution in [0.1, 0.15) is 45.2 Å². The van der Waals surface area contributed by atoms with Crippen molar-refractivity contribution in [2.24, 2.45) is 17.1 Å². The summed E-state index contributed by atoms with van der Waals surface area (Å²) in [6.07, 6.45) is 2.50. The van der Waals surface area contributed by atoms with E-state index in [0.29, 0.717) is 5.41 Å². The minimum Gasteiger partial charge on any atom is -0.323 e. The average molecular weight is 278 g/mol. The monoisotopic (exact) mass is 278 g/mol. The standard InChI is InChI=1S/C17H27FN2/c1-17(2,3)14-8-10-20(11-9-14)12-16(19)13-4-6-15(18)7-5-13/h4-7,14,16H,8-12,19H2,1-3H3. The molecule has 20 heavy (non-hydrogen) atoms. The Hall–Kier alpha value is -0.930. The topological polar surface area (TPSA) is 29.3 Å². The average Bonchev–Trinajstić information content (AvgIpc) is 2.39. The van der Waals surface area contributed by atoms with Crippen molar-refractivity contribution in [1.29, 1.82) is 0 Å². The lowest BCUT2D eigenvalue weighted by atomic mass is 9.75. The molecule has 1 heterocycles. The SMILES string of the molecule is CC(C)(C)C1CCN(CC(N)c2ccc(F)cc2)CC1. The predicted octanol–water partition coefficient (Wildman–Crippen LogP) is 3.58. The number of rotatable bonds is 3. The minimum absolute atomic E-state index is 0.0261. The molecule has 2 rings (SSSR count). The van der Waals surface area contributed by atoms with Crippen molar-refractivity contribution in [3.63, 3.8) is 0 Å². The van der Waals surface area contributed by atoms with E-state index in [4.69, 9.17) is 5.73 Å². The first-order chi connectivity index (χ1) is 9.36. The van der Waals surface area contributed by atoms with Crippen molar-refractivity contribution >= 4 is 0 Å². The van der Waals surface area contributed by atoms with Gasteiger partial charge in [-0.25, -0.2) is 4.39 Å². The van der Waals surface area contributed by atoms with Crippen molar-refractivity contribution in [3.8, 4) is 0 Å². The molecule has 1 aromatic rings. The maximum atomic E-state index is 12.9. The van der Waals surface area contributed by atoms with Crippen molar-refractivity contribution in [1.82, 2.24) is 4.90 Å². The molecule has 1 aliphatic heterocycles. The van der Waals surface area contributed by atoms with Crippen LogP contribution in [0.25, 0.3) is 0 Å². The number of hydrogen-bond acceptors (Lipinski definition) is 2. The van der Waals surface area contributed by atoms with Crippen LogP contribution in [-0.4, -0.2) is 24.5 Å². The normalized spacial score (nSPS) is 20.1. The highest BCUT2D eigenvalue weighted by Gasteiger charge is 2.29. The number of halogens is 1. The minimum atomic E-state index is -0.202. The number of piperidine rings is 1. The number of benzene rings is 1. The molecule has 0 spiro atoms. The van der Waals surface area contributed by atoms with E-state index >= 15 is 0 Å². The van der Waals surface area contributed by atoms with Crippen LogP contribution in [0, 0.1) is 17.2 Å².